The van der Waals surface area contributed by atoms with Gasteiger partial charge in [-0.2, -0.15) is 0 Å². The van der Waals surface area contributed by atoms with Gasteiger partial charge in [0.05, 0.1) is 0 Å². The van der Waals surface area contributed by atoms with Crippen molar-refractivity contribution in [1.29, 1.82) is 0 Å². The second-order valence-corrected chi connectivity index (χ2v) is 6.49. The second-order valence-electron chi connectivity index (χ2n) is 6.49. The molecule has 1 aromatic carbocycles. The van der Waals surface area contributed by atoms with Crippen molar-refractivity contribution in [2.75, 3.05) is 17.2 Å². The molecule has 2 N–H and O–H groups in total. The van der Waals surface area contributed by atoms with E-state index < -0.39 is 0 Å². The molecule has 0 amide bonds. The Morgan fingerprint density at radius 2 is 1.77 bits per heavy atom. The lowest BCUT2D eigenvalue weighted by atomic mass is 9.86. The highest BCUT2D eigenvalue weighted by molar-refractivity contribution is 5.63. The summed E-state index contributed by atoms with van der Waals surface area (Å²) in [4.78, 5) is 8.59. The van der Waals surface area contributed by atoms with Gasteiger partial charge >= 0.3 is 0 Å². The van der Waals surface area contributed by atoms with Crippen LogP contribution >= 0.6 is 0 Å². The van der Waals surface area contributed by atoms with Crippen LogP contribution in [-0.4, -0.2) is 16.5 Å². The van der Waals surface area contributed by atoms with Crippen LogP contribution in [0.5, 0.6) is 0 Å². The van der Waals surface area contributed by atoms with Crippen LogP contribution in [0.2, 0.25) is 0 Å². The van der Waals surface area contributed by atoms with Crippen molar-refractivity contribution in [3.63, 3.8) is 0 Å². The molecule has 0 unspecified atom stereocenters. The standard InChI is InChI=1S/C18H26N4/c1-5-6-11-19-16-12-17(21-13-20-16)22-15-10-8-7-9-14(15)18(2,3)4/h7-10,12-13H,5-6,11H2,1-4H3,(H2,19,20,21,22). The van der Waals surface area contributed by atoms with Gasteiger partial charge in [-0.3, -0.25) is 0 Å². The zero-order valence-electron chi connectivity index (χ0n) is 14.0. The maximum atomic E-state index is 4.32. The predicted octanol–water partition coefficient (Wildman–Crippen LogP) is 4.73. The Bertz CT molecular complexity index is 602. The Balaban J connectivity index is 2.16. The fourth-order valence-corrected chi connectivity index (χ4v) is 2.30. The summed E-state index contributed by atoms with van der Waals surface area (Å²) in [6.45, 7) is 9.76. The van der Waals surface area contributed by atoms with E-state index in [2.05, 4.69) is 66.5 Å². The normalized spacial score (nSPS) is 11.3. The summed E-state index contributed by atoms with van der Waals surface area (Å²) in [5, 5.41) is 6.74. The predicted molar refractivity (Wildman–Crippen MR) is 93.9 cm³/mol. The summed E-state index contributed by atoms with van der Waals surface area (Å²) >= 11 is 0. The summed E-state index contributed by atoms with van der Waals surface area (Å²) in [6.07, 6.45) is 3.90. The molecule has 1 aromatic heterocycles. The van der Waals surface area contributed by atoms with Gasteiger partial charge < -0.3 is 10.6 Å². The van der Waals surface area contributed by atoms with Gasteiger partial charge in [-0.1, -0.05) is 52.3 Å². The molecule has 0 fully saturated rings. The van der Waals surface area contributed by atoms with Crippen LogP contribution in [0, 0.1) is 0 Å². The molecule has 2 rings (SSSR count). The number of hydrogen-bond acceptors (Lipinski definition) is 4. The summed E-state index contributed by atoms with van der Waals surface area (Å²) in [5.41, 5.74) is 2.45. The van der Waals surface area contributed by atoms with Gasteiger partial charge in [-0.25, -0.2) is 9.97 Å². The minimum atomic E-state index is 0.0822. The van der Waals surface area contributed by atoms with E-state index in [0.29, 0.717) is 0 Å². The molecule has 0 spiro atoms. The first-order chi connectivity index (χ1) is 10.5. The summed E-state index contributed by atoms with van der Waals surface area (Å²) in [5.74, 6) is 1.67. The second kappa shape index (κ2) is 7.25. The number of nitrogens with one attached hydrogen (secondary N) is 2. The Morgan fingerprint density at radius 1 is 1.05 bits per heavy atom. The fourth-order valence-electron chi connectivity index (χ4n) is 2.30. The minimum Gasteiger partial charge on any atom is -0.370 e. The molecule has 0 aliphatic carbocycles. The van der Waals surface area contributed by atoms with Crippen LogP contribution in [0.1, 0.15) is 46.1 Å². The third kappa shape index (κ3) is 4.45. The van der Waals surface area contributed by atoms with Crippen LogP contribution in [0.15, 0.2) is 36.7 Å². The molecule has 22 heavy (non-hydrogen) atoms. The zero-order chi connectivity index (χ0) is 16.0. The molecule has 0 aliphatic heterocycles. The van der Waals surface area contributed by atoms with Crippen LogP contribution in [0.4, 0.5) is 17.3 Å². The third-order valence-electron chi connectivity index (χ3n) is 3.50. The molecular formula is C18H26N4. The van der Waals surface area contributed by atoms with Gasteiger partial charge in [-0.15, -0.1) is 0 Å². The maximum absolute atomic E-state index is 4.32. The van der Waals surface area contributed by atoms with Crippen molar-refractivity contribution in [3.05, 3.63) is 42.2 Å². The molecule has 0 saturated carbocycles. The number of rotatable bonds is 6. The lowest BCUT2D eigenvalue weighted by molar-refractivity contribution is 0.592. The average Bonchev–Trinajstić information content (AvgIpc) is 2.47. The van der Waals surface area contributed by atoms with E-state index in [-0.39, 0.29) is 5.41 Å². The molecule has 4 nitrogen and oxygen atoms in total. The molecule has 2 aromatic rings. The summed E-state index contributed by atoms with van der Waals surface area (Å²) in [7, 11) is 0. The first kappa shape index (κ1) is 16.3. The van der Waals surface area contributed by atoms with E-state index >= 15 is 0 Å². The lowest BCUT2D eigenvalue weighted by Crippen LogP contribution is -2.13. The Labute approximate surface area is 133 Å². The number of nitrogens with zero attached hydrogens (tertiary/aromatic N) is 2. The van der Waals surface area contributed by atoms with Crippen molar-refractivity contribution in [2.24, 2.45) is 0 Å². The fraction of sp³-hybridized carbons (Fsp3) is 0.444. The molecule has 4 heteroatoms. The topological polar surface area (TPSA) is 49.8 Å². The molecule has 118 valence electrons. The molecule has 1 heterocycles. The van der Waals surface area contributed by atoms with Crippen molar-refractivity contribution in [3.8, 4) is 0 Å². The highest BCUT2D eigenvalue weighted by Gasteiger charge is 2.17. The Kier molecular flexibility index (Phi) is 5.36. The highest BCUT2D eigenvalue weighted by atomic mass is 15.1. The third-order valence-corrected chi connectivity index (χ3v) is 3.50. The quantitative estimate of drug-likeness (QED) is 0.757. The van der Waals surface area contributed by atoms with Crippen molar-refractivity contribution >= 4 is 17.3 Å². The first-order valence-corrected chi connectivity index (χ1v) is 7.93. The number of aromatic nitrogens is 2. The van der Waals surface area contributed by atoms with Gasteiger partial charge in [0.15, 0.2) is 0 Å². The number of unbranched alkanes of at least 4 members (excludes halogenated alkanes) is 1. The monoisotopic (exact) mass is 298 g/mol. The molecule has 0 saturated heterocycles. The van der Waals surface area contributed by atoms with E-state index in [4.69, 9.17) is 0 Å². The first-order valence-electron chi connectivity index (χ1n) is 7.93. The van der Waals surface area contributed by atoms with Crippen molar-refractivity contribution in [1.82, 2.24) is 9.97 Å². The largest absolute Gasteiger partial charge is 0.370 e. The van der Waals surface area contributed by atoms with E-state index in [1.54, 1.807) is 6.33 Å². The van der Waals surface area contributed by atoms with E-state index in [1.807, 2.05) is 12.1 Å². The van der Waals surface area contributed by atoms with Gasteiger partial charge in [-0.05, 0) is 23.5 Å². The number of anilines is 3. The molecule has 0 aliphatic rings. The minimum absolute atomic E-state index is 0.0822. The summed E-state index contributed by atoms with van der Waals surface area (Å²) in [6, 6.07) is 10.3. The number of benzene rings is 1. The average molecular weight is 298 g/mol. The smallest absolute Gasteiger partial charge is 0.135 e. The van der Waals surface area contributed by atoms with Crippen molar-refractivity contribution < 1.29 is 0 Å². The lowest BCUT2D eigenvalue weighted by Gasteiger charge is -2.23. The maximum Gasteiger partial charge on any atom is 0.135 e. The van der Waals surface area contributed by atoms with Crippen LogP contribution in [0.3, 0.4) is 0 Å². The van der Waals surface area contributed by atoms with Crippen LogP contribution in [0.25, 0.3) is 0 Å². The molecular weight excluding hydrogens is 272 g/mol. The molecule has 0 radical (unpaired) electrons. The van der Waals surface area contributed by atoms with E-state index in [0.717, 1.165) is 30.3 Å². The zero-order valence-corrected chi connectivity index (χ0v) is 14.0. The molecule has 0 atom stereocenters. The number of para-hydroxylation sites is 1. The van der Waals surface area contributed by atoms with Gasteiger partial charge in [0.2, 0.25) is 0 Å². The van der Waals surface area contributed by atoms with E-state index in [9.17, 15) is 0 Å². The number of hydrogen-bond donors (Lipinski definition) is 2. The van der Waals surface area contributed by atoms with Gasteiger partial charge in [0.1, 0.15) is 18.0 Å². The van der Waals surface area contributed by atoms with Crippen LogP contribution < -0.4 is 10.6 Å². The van der Waals surface area contributed by atoms with Gasteiger partial charge in [0, 0.05) is 18.3 Å². The molecule has 0 bridgehead atoms. The van der Waals surface area contributed by atoms with Crippen LogP contribution in [-0.2, 0) is 5.41 Å². The Morgan fingerprint density at radius 3 is 2.50 bits per heavy atom. The highest BCUT2D eigenvalue weighted by Crippen LogP contribution is 2.30. The Hall–Kier alpha value is -2.10. The SMILES string of the molecule is CCCCNc1cc(Nc2ccccc2C(C)(C)C)ncn1. The van der Waals surface area contributed by atoms with Gasteiger partial charge in [0.25, 0.3) is 0 Å². The van der Waals surface area contributed by atoms with Crippen molar-refractivity contribution in [2.45, 2.75) is 46.0 Å². The summed E-state index contributed by atoms with van der Waals surface area (Å²) < 4.78 is 0. The van der Waals surface area contributed by atoms with E-state index in [1.165, 1.54) is 12.0 Å².